The first-order valence-electron chi connectivity index (χ1n) is 8.97. The van der Waals surface area contributed by atoms with Crippen molar-refractivity contribution in [2.24, 2.45) is 16.8 Å². The fourth-order valence-electron chi connectivity index (χ4n) is 3.59. The predicted octanol–water partition coefficient (Wildman–Crippen LogP) is 3.09. The molecule has 23 heavy (non-hydrogen) atoms. The van der Waals surface area contributed by atoms with Crippen molar-refractivity contribution in [2.45, 2.75) is 45.2 Å². The van der Waals surface area contributed by atoms with Crippen molar-refractivity contribution in [3.63, 3.8) is 0 Å². The van der Waals surface area contributed by atoms with Crippen LogP contribution >= 0.6 is 11.3 Å². The molecule has 0 aromatic carbocycles. The first kappa shape index (κ1) is 16.8. The third-order valence-electron chi connectivity index (χ3n) is 5.10. The number of guanidine groups is 1. The second kappa shape index (κ2) is 7.67. The summed E-state index contributed by atoms with van der Waals surface area (Å²) in [5, 5.41) is 9.17. The first-order chi connectivity index (χ1) is 11.2. The number of hydrogen-bond acceptors (Lipinski definition) is 3. The summed E-state index contributed by atoms with van der Waals surface area (Å²) < 4.78 is 0. The van der Waals surface area contributed by atoms with Crippen LogP contribution in [-0.4, -0.2) is 43.6 Å². The molecular weight excluding hydrogens is 304 g/mol. The van der Waals surface area contributed by atoms with Gasteiger partial charge >= 0.3 is 0 Å². The van der Waals surface area contributed by atoms with E-state index < -0.39 is 0 Å². The third-order valence-corrected chi connectivity index (χ3v) is 6.04. The minimum Gasteiger partial charge on any atom is -0.357 e. The van der Waals surface area contributed by atoms with Gasteiger partial charge in [-0.1, -0.05) is 13.0 Å². The highest BCUT2D eigenvalue weighted by atomic mass is 32.1. The maximum Gasteiger partial charge on any atom is 0.191 e. The molecule has 1 saturated heterocycles. The van der Waals surface area contributed by atoms with Crippen LogP contribution in [0.1, 0.15) is 44.0 Å². The normalized spacial score (nSPS) is 31.9. The van der Waals surface area contributed by atoms with Crippen LogP contribution in [-0.2, 0) is 0 Å². The van der Waals surface area contributed by atoms with E-state index in [1.54, 1.807) is 0 Å². The number of likely N-dealkylation sites (tertiary alicyclic amines) is 1. The molecule has 2 aliphatic rings. The van der Waals surface area contributed by atoms with E-state index >= 15 is 0 Å². The van der Waals surface area contributed by atoms with Crippen molar-refractivity contribution in [1.29, 1.82) is 0 Å². The number of nitrogens with zero attached hydrogens (tertiary/aromatic N) is 2. The van der Waals surface area contributed by atoms with Gasteiger partial charge in [0.25, 0.3) is 0 Å². The van der Waals surface area contributed by atoms with E-state index in [2.05, 4.69) is 53.9 Å². The fourth-order valence-corrected chi connectivity index (χ4v) is 4.57. The summed E-state index contributed by atoms with van der Waals surface area (Å²) in [6.45, 7) is 7.45. The van der Waals surface area contributed by atoms with Gasteiger partial charge in [0.15, 0.2) is 5.96 Å². The van der Waals surface area contributed by atoms with Gasteiger partial charge in [0.1, 0.15) is 0 Å². The fraction of sp³-hybridized carbons (Fsp3) is 0.722. The number of aliphatic imine (C=N–C) groups is 1. The van der Waals surface area contributed by atoms with E-state index in [0.717, 1.165) is 25.0 Å². The van der Waals surface area contributed by atoms with Gasteiger partial charge in [0.05, 0.1) is 0 Å². The van der Waals surface area contributed by atoms with Crippen LogP contribution in [0, 0.1) is 11.8 Å². The molecule has 1 aromatic rings. The van der Waals surface area contributed by atoms with Gasteiger partial charge in [0, 0.05) is 30.1 Å². The molecule has 2 N–H and O–H groups in total. The zero-order valence-corrected chi connectivity index (χ0v) is 15.4. The van der Waals surface area contributed by atoms with Crippen molar-refractivity contribution in [3.05, 3.63) is 22.4 Å². The molecule has 4 unspecified atom stereocenters. The highest BCUT2D eigenvalue weighted by Gasteiger charge is 2.34. The van der Waals surface area contributed by atoms with E-state index in [-0.39, 0.29) is 0 Å². The van der Waals surface area contributed by atoms with Gasteiger partial charge < -0.3 is 10.6 Å². The van der Waals surface area contributed by atoms with E-state index in [9.17, 15) is 0 Å². The maximum absolute atomic E-state index is 4.92. The topological polar surface area (TPSA) is 39.7 Å². The second-order valence-corrected chi connectivity index (χ2v) is 8.01. The quantitative estimate of drug-likeness (QED) is 0.642. The van der Waals surface area contributed by atoms with Crippen LogP contribution in [0.15, 0.2) is 22.5 Å². The molecule has 0 radical (unpaired) electrons. The van der Waals surface area contributed by atoms with Gasteiger partial charge in [-0.3, -0.25) is 9.89 Å². The van der Waals surface area contributed by atoms with Crippen LogP contribution in [0.2, 0.25) is 0 Å². The summed E-state index contributed by atoms with van der Waals surface area (Å²) >= 11 is 1.88. The van der Waals surface area contributed by atoms with E-state index in [4.69, 9.17) is 4.99 Å². The highest BCUT2D eigenvalue weighted by Crippen LogP contribution is 2.37. The third kappa shape index (κ3) is 4.27. The lowest BCUT2D eigenvalue weighted by molar-refractivity contribution is 0.128. The summed E-state index contributed by atoms with van der Waals surface area (Å²) in [6, 6.07) is 5.59. The number of hydrogen-bond donors (Lipinski definition) is 2. The molecule has 1 aromatic heterocycles. The van der Waals surface area contributed by atoms with Gasteiger partial charge in [-0.05, 0) is 63.1 Å². The molecule has 1 aliphatic heterocycles. The predicted molar refractivity (Wildman–Crippen MR) is 99.1 cm³/mol. The Hall–Kier alpha value is -1.07. The number of thiophene rings is 1. The van der Waals surface area contributed by atoms with E-state index in [1.165, 1.54) is 30.7 Å². The number of piperidine rings is 1. The molecule has 1 saturated carbocycles. The summed E-state index contributed by atoms with van der Waals surface area (Å²) in [4.78, 5) is 8.92. The van der Waals surface area contributed by atoms with Crippen LogP contribution in [0.4, 0.5) is 0 Å². The standard InChI is InChI=1S/C18H30N4S/c1-4-19-18(21-15-11-13(15)2)20-12-14-7-5-9-22(3)17(14)16-8-6-10-23-16/h6,8,10,13-15,17H,4-5,7,9,11-12H2,1-3H3,(H2,19,20,21). The molecule has 4 atom stereocenters. The monoisotopic (exact) mass is 334 g/mol. The minimum atomic E-state index is 0.523. The Balaban J connectivity index is 1.66. The molecule has 3 rings (SSSR count). The molecular formula is C18H30N4S. The summed E-state index contributed by atoms with van der Waals surface area (Å²) in [5.41, 5.74) is 0. The Labute approximate surface area is 144 Å². The summed E-state index contributed by atoms with van der Waals surface area (Å²) in [5.74, 6) is 2.40. The Kier molecular flexibility index (Phi) is 5.59. The average molecular weight is 335 g/mol. The lowest BCUT2D eigenvalue weighted by Gasteiger charge is -2.38. The maximum atomic E-state index is 4.92. The highest BCUT2D eigenvalue weighted by molar-refractivity contribution is 7.10. The average Bonchev–Trinajstić information content (AvgIpc) is 3.01. The largest absolute Gasteiger partial charge is 0.357 e. The smallest absolute Gasteiger partial charge is 0.191 e. The van der Waals surface area contributed by atoms with Crippen molar-refractivity contribution >= 4 is 17.3 Å². The second-order valence-electron chi connectivity index (χ2n) is 7.03. The van der Waals surface area contributed by atoms with Gasteiger partial charge in [-0.25, -0.2) is 0 Å². The molecule has 0 amide bonds. The molecule has 128 valence electrons. The summed E-state index contributed by atoms with van der Waals surface area (Å²) in [6.07, 6.45) is 3.83. The Bertz CT molecular complexity index is 513. The lowest BCUT2D eigenvalue weighted by Crippen LogP contribution is -2.41. The van der Waals surface area contributed by atoms with Crippen molar-refractivity contribution < 1.29 is 0 Å². The zero-order chi connectivity index (χ0) is 16.2. The zero-order valence-electron chi connectivity index (χ0n) is 14.6. The van der Waals surface area contributed by atoms with Crippen LogP contribution in [0.3, 0.4) is 0 Å². The SMILES string of the molecule is CCNC(=NCC1CCCN(C)C1c1cccs1)NC1CC1C. The molecule has 0 bridgehead atoms. The van der Waals surface area contributed by atoms with Crippen LogP contribution in [0.5, 0.6) is 0 Å². The molecule has 5 heteroatoms. The molecule has 0 spiro atoms. The van der Waals surface area contributed by atoms with E-state index in [1.807, 2.05) is 11.3 Å². The van der Waals surface area contributed by atoms with Crippen LogP contribution in [0.25, 0.3) is 0 Å². The van der Waals surface area contributed by atoms with Gasteiger partial charge in [0.2, 0.25) is 0 Å². The Morgan fingerprint density at radius 1 is 1.48 bits per heavy atom. The number of nitrogens with one attached hydrogen (secondary N) is 2. The Morgan fingerprint density at radius 3 is 2.96 bits per heavy atom. The number of rotatable bonds is 5. The molecule has 2 fully saturated rings. The molecule has 4 nitrogen and oxygen atoms in total. The van der Waals surface area contributed by atoms with Crippen molar-refractivity contribution in [2.75, 3.05) is 26.7 Å². The van der Waals surface area contributed by atoms with Crippen molar-refractivity contribution in [3.8, 4) is 0 Å². The molecule has 2 heterocycles. The molecule has 1 aliphatic carbocycles. The first-order valence-corrected chi connectivity index (χ1v) is 9.85. The summed E-state index contributed by atoms with van der Waals surface area (Å²) in [7, 11) is 2.26. The van der Waals surface area contributed by atoms with Crippen molar-refractivity contribution in [1.82, 2.24) is 15.5 Å². The lowest BCUT2D eigenvalue weighted by atomic mass is 9.88. The Morgan fingerprint density at radius 2 is 2.30 bits per heavy atom. The van der Waals surface area contributed by atoms with Crippen LogP contribution < -0.4 is 10.6 Å². The van der Waals surface area contributed by atoms with E-state index in [0.29, 0.717) is 18.0 Å². The van der Waals surface area contributed by atoms with Gasteiger partial charge in [-0.15, -0.1) is 11.3 Å². The minimum absolute atomic E-state index is 0.523. The van der Waals surface area contributed by atoms with Gasteiger partial charge in [-0.2, -0.15) is 0 Å².